The maximum atomic E-state index is 13.3. The van der Waals surface area contributed by atoms with Crippen LogP contribution in [0.15, 0.2) is 101 Å². The lowest BCUT2D eigenvalue weighted by Gasteiger charge is -2.22. The van der Waals surface area contributed by atoms with Crippen molar-refractivity contribution in [3.05, 3.63) is 141 Å². The van der Waals surface area contributed by atoms with E-state index in [9.17, 15) is 9.90 Å². The lowest BCUT2D eigenvalue weighted by atomic mass is 9.93. The van der Waals surface area contributed by atoms with Gasteiger partial charge >= 0.3 is 0 Å². The SMILES string of the molecule is Cc1ccc([C@@H](NC(=O)Cc2ccc3oc(C(CO)c4ccc(Cl)cc4)cc3c2)c2ccccc2)c(C)c1. The van der Waals surface area contributed by atoms with Gasteiger partial charge in [0.1, 0.15) is 11.3 Å². The monoisotopic (exact) mass is 523 g/mol. The predicted octanol–water partition coefficient (Wildman–Crippen LogP) is 7.28. The van der Waals surface area contributed by atoms with Gasteiger partial charge in [-0.05, 0) is 72.0 Å². The smallest absolute Gasteiger partial charge is 0.225 e. The lowest BCUT2D eigenvalue weighted by molar-refractivity contribution is -0.120. The number of halogens is 1. The number of benzene rings is 4. The fraction of sp³-hybridized carbons (Fsp3) is 0.182. The van der Waals surface area contributed by atoms with Crippen LogP contribution in [0.3, 0.4) is 0 Å². The zero-order valence-corrected chi connectivity index (χ0v) is 22.2. The highest BCUT2D eigenvalue weighted by Gasteiger charge is 2.21. The first kappa shape index (κ1) is 25.8. The van der Waals surface area contributed by atoms with Crippen LogP contribution in [0.2, 0.25) is 5.02 Å². The number of rotatable bonds is 8. The van der Waals surface area contributed by atoms with Gasteiger partial charge in [-0.1, -0.05) is 83.9 Å². The zero-order chi connectivity index (χ0) is 26.6. The average molecular weight is 524 g/mol. The van der Waals surface area contributed by atoms with Crippen LogP contribution in [0.4, 0.5) is 0 Å². The van der Waals surface area contributed by atoms with E-state index >= 15 is 0 Å². The maximum Gasteiger partial charge on any atom is 0.225 e. The molecule has 5 rings (SSSR count). The molecule has 0 spiro atoms. The fourth-order valence-corrected chi connectivity index (χ4v) is 5.11. The molecule has 5 aromatic rings. The molecule has 0 fully saturated rings. The van der Waals surface area contributed by atoms with E-state index in [0.717, 1.165) is 33.2 Å². The molecular weight excluding hydrogens is 494 g/mol. The molecule has 0 saturated heterocycles. The molecule has 38 heavy (non-hydrogen) atoms. The van der Waals surface area contributed by atoms with E-state index in [1.54, 1.807) is 12.1 Å². The van der Waals surface area contributed by atoms with Crippen molar-refractivity contribution in [3.8, 4) is 0 Å². The van der Waals surface area contributed by atoms with Crippen molar-refractivity contribution in [3.63, 3.8) is 0 Å². The van der Waals surface area contributed by atoms with E-state index < -0.39 is 0 Å². The Kier molecular flexibility index (Phi) is 7.64. The summed E-state index contributed by atoms with van der Waals surface area (Å²) in [5, 5.41) is 14.9. The quantitative estimate of drug-likeness (QED) is 0.225. The molecule has 192 valence electrons. The van der Waals surface area contributed by atoms with Crippen LogP contribution in [0.1, 0.15) is 51.1 Å². The van der Waals surface area contributed by atoms with Gasteiger partial charge in [0.15, 0.2) is 0 Å². The summed E-state index contributed by atoms with van der Waals surface area (Å²) in [4.78, 5) is 13.3. The van der Waals surface area contributed by atoms with Gasteiger partial charge < -0.3 is 14.8 Å². The molecule has 0 radical (unpaired) electrons. The number of amides is 1. The van der Waals surface area contributed by atoms with Crippen LogP contribution >= 0.6 is 11.6 Å². The minimum atomic E-state index is -0.296. The third kappa shape index (κ3) is 5.67. The van der Waals surface area contributed by atoms with Gasteiger partial charge in [0.2, 0.25) is 5.91 Å². The molecule has 0 saturated carbocycles. The summed E-state index contributed by atoms with van der Waals surface area (Å²) in [7, 11) is 0. The molecule has 4 aromatic carbocycles. The highest BCUT2D eigenvalue weighted by Crippen LogP contribution is 2.31. The Bertz CT molecular complexity index is 1560. The first-order valence-electron chi connectivity index (χ1n) is 12.7. The van der Waals surface area contributed by atoms with Crippen LogP contribution in [-0.2, 0) is 11.2 Å². The molecule has 2 atom stereocenters. The van der Waals surface area contributed by atoms with Crippen LogP contribution in [0.25, 0.3) is 11.0 Å². The van der Waals surface area contributed by atoms with Crippen LogP contribution in [0.5, 0.6) is 0 Å². The standard InChI is InChI=1S/C33H30ClNO3/c1-21-8-14-28(22(2)16-21)33(25-6-4-3-5-7-25)35-32(37)18-23-9-15-30-26(17-23)19-31(38-30)29(20-36)24-10-12-27(34)13-11-24/h3-17,19,29,33,36H,18,20H2,1-2H3,(H,35,37)/t29?,33-/m0/s1. The summed E-state index contributed by atoms with van der Waals surface area (Å²) in [6, 6.07) is 31.3. The normalized spacial score (nSPS) is 12.8. The molecule has 1 unspecified atom stereocenters. The number of furan rings is 1. The second kappa shape index (κ2) is 11.3. The number of nitrogens with one attached hydrogen (secondary N) is 1. The zero-order valence-electron chi connectivity index (χ0n) is 21.4. The van der Waals surface area contributed by atoms with E-state index in [1.807, 2.05) is 66.7 Å². The number of carbonyl (C=O) groups excluding carboxylic acids is 1. The van der Waals surface area contributed by atoms with Gasteiger partial charge in [0.05, 0.1) is 25.0 Å². The predicted molar refractivity (Wildman–Crippen MR) is 153 cm³/mol. The minimum Gasteiger partial charge on any atom is -0.460 e. The van der Waals surface area contributed by atoms with Crippen LogP contribution in [-0.4, -0.2) is 17.6 Å². The Balaban J connectivity index is 1.37. The molecule has 0 aliphatic rings. The summed E-state index contributed by atoms with van der Waals surface area (Å²) in [6.07, 6.45) is 0.241. The molecule has 4 nitrogen and oxygen atoms in total. The molecule has 1 aromatic heterocycles. The Labute approximate surface area is 227 Å². The molecule has 1 amide bonds. The van der Waals surface area contributed by atoms with E-state index in [-0.39, 0.29) is 30.9 Å². The second-order valence-electron chi connectivity index (χ2n) is 9.76. The fourth-order valence-electron chi connectivity index (χ4n) is 4.98. The molecule has 0 aliphatic heterocycles. The maximum absolute atomic E-state index is 13.3. The van der Waals surface area contributed by atoms with Gasteiger partial charge in [-0.2, -0.15) is 0 Å². The summed E-state index contributed by atoms with van der Waals surface area (Å²) in [5.41, 5.74) is 6.99. The van der Waals surface area contributed by atoms with Crippen LogP contribution < -0.4 is 5.32 Å². The van der Waals surface area contributed by atoms with Gasteiger partial charge in [0, 0.05) is 10.4 Å². The third-order valence-corrected chi connectivity index (χ3v) is 7.19. The molecule has 0 aliphatic carbocycles. The average Bonchev–Trinajstić information content (AvgIpc) is 3.32. The lowest BCUT2D eigenvalue weighted by Crippen LogP contribution is -2.31. The van der Waals surface area contributed by atoms with Gasteiger partial charge in [-0.25, -0.2) is 0 Å². The topological polar surface area (TPSA) is 62.5 Å². The van der Waals surface area contributed by atoms with Crippen molar-refractivity contribution in [2.24, 2.45) is 0 Å². The Morgan fingerprint density at radius 2 is 1.66 bits per heavy atom. The van der Waals surface area contributed by atoms with E-state index in [1.165, 1.54) is 5.56 Å². The number of aliphatic hydroxyl groups is 1. The van der Waals surface area contributed by atoms with Crippen LogP contribution in [0, 0.1) is 13.8 Å². The second-order valence-corrected chi connectivity index (χ2v) is 10.2. The summed E-state index contributed by atoms with van der Waals surface area (Å²) in [6.45, 7) is 4.07. The molecule has 0 bridgehead atoms. The molecule has 2 N–H and O–H groups in total. The number of aliphatic hydroxyl groups excluding tert-OH is 1. The van der Waals surface area contributed by atoms with Gasteiger partial charge in [0.25, 0.3) is 0 Å². The van der Waals surface area contributed by atoms with Crippen molar-refractivity contribution in [1.82, 2.24) is 5.32 Å². The number of fused-ring (bicyclic) bond motifs is 1. The largest absolute Gasteiger partial charge is 0.460 e. The minimum absolute atomic E-state index is 0.0590. The Morgan fingerprint density at radius 3 is 2.37 bits per heavy atom. The molecule has 5 heteroatoms. The van der Waals surface area contributed by atoms with Crippen molar-refractivity contribution >= 4 is 28.5 Å². The summed E-state index contributed by atoms with van der Waals surface area (Å²) < 4.78 is 6.08. The number of carbonyl (C=O) groups is 1. The Hall–Kier alpha value is -3.86. The summed E-state index contributed by atoms with van der Waals surface area (Å²) >= 11 is 6.02. The van der Waals surface area contributed by atoms with E-state index in [0.29, 0.717) is 16.4 Å². The molecular formula is C33H30ClNO3. The van der Waals surface area contributed by atoms with E-state index in [2.05, 4.69) is 37.4 Å². The summed E-state index contributed by atoms with van der Waals surface area (Å²) in [5.74, 6) is 0.317. The number of aryl methyl sites for hydroxylation is 2. The number of hydrogen-bond acceptors (Lipinski definition) is 3. The van der Waals surface area contributed by atoms with Crippen molar-refractivity contribution in [1.29, 1.82) is 0 Å². The van der Waals surface area contributed by atoms with Gasteiger partial charge in [-0.3, -0.25) is 4.79 Å². The van der Waals surface area contributed by atoms with Crippen molar-refractivity contribution < 1.29 is 14.3 Å². The van der Waals surface area contributed by atoms with Crippen molar-refractivity contribution in [2.45, 2.75) is 32.2 Å². The highest BCUT2D eigenvalue weighted by molar-refractivity contribution is 6.30. The molecule has 1 heterocycles. The van der Waals surface area contributed by atoms with Gasteiger partial charge in [-0.15, -0.1) is 0 Å². The highest BCUT2D eigenvalue weighted by atomic mass is 35.5. The van der Waals surface area contributed by atoms with E-state index in [4.69, 9.17) is 16.0 Å². The first-order valence-corrected chi connectivity index (χ1v) is 13.1. The third-order valence-electron chi connectivity index (χ3n) is 6.94. The first-order chi connectivity index (χ1) is 18.4. The number of hydrogen-bond donors (Lipinski definition) is 2. The van der Waals surface area contributed by atoms with Crippen molar-refractivity contribution in [2.75, 3.05) is 6.61 Å². The Morgan fingerprint density at radius 1 is 0.895 bits per heavy atom.